The van der Waals surface area contributed by atoms with Gasteiger partial charge < -0.3 is 0 Å². The lowest BCUT2D eigenvalue weighted by molar-refractivity contribution is 1.42. The Hall–Kier alpha value is -0.930. The molecule has 3 heteroatoms. The van der Waals surface area contributed by atoms with Crippen LogP contribution in [-0.2, 0) is 0 Å². The van der Waals surface area contributed by atoms with Crippen LogP contribution in [0.15, 0.2) is 41.0 Å². The maximum absolute atomic E-state index is 4.39. The third-order valence-electron chi connectivity index (χ3n) is 2.20. The van der Waals surface area contributed by atoms with Crippen LogP contribution in [0.5, 0.6) is 0 Å². The Bertz CT molecular complexity index is 615. The van der Waals surface area contributed by atoms with Crippen LogP contribution in [0.1, 0.15) is 0 Å². The van der Waals surface area contributed by atoms with E-state index in [1.807, 2.05) is 6.20 Å². The summed E-state index contributed by atoms with van der Waals surface area (Å²) in [6.45, 7) is 0. The van der Waals surface area contributed by atoms with Gasteiger partial charge in [0, 0.05) is 26.1 Å². The second-order valence-corrected chi connectivity index (χ2v) is 5.05. The topological polar surface area (TPSA) is 12.9 Å². The average Bonchev–Trinajstić information content (AvgIpc) is 2.56. The van der Waals surface area contributed by atoms with Crippen LogP contribution in [0.2, 0.25) is 0 Å². The molecule has 2 aromatic heterocycles. The molecule has 0 N–H and O–H groups in total. The molecule has 1 aromatic carbocycles. The van der Waals surface area contributed by atoms with Crippen LogP contribution in [0, 0.1) is 0 Å². The number of pyridine rings is 1. The highest BCUT2D eigenvalue weighted by Gasteiger charge is 2.04. The van der Waals surface area contributed by atoms with Gasteiger partial charge in [-0.3, -0.25) is 0 Å². The van der Waals surface area contributed by atoms with Crippen LogP contribution in [0.25, 0.3) is 20.3 Å². The molecule has 0 amide bonds. The molecule has 0 fully saturated rings. The molecule has 2 heterocycles. The van der Waals surface area contributed by atoms with Gasteiger partial charge in [0.2, 0.25) is 0 Å². The number of nitrogens with zero attached hydrogens (tertiary/aromatic N) is 1. The minimum absolute atomic E-state index is 1.04. The highest BCUT2D eigenvalue weighted by atomic mass is 79.9. The van der Waals surface area contributed by atoms with Crippen molar-refractivity contribution in [1.82, 2.24) is 4.98 Å². The highest BCUT2D eigenvalue weighted by molar-refractivity contribution is 9.10. The predicted molar refractivity (Wildman–Crippen MR) is 64.8 cm³/mol. The first kappa shape index (κ1) is 8.38. The van der Waals surface area contributed by atoms with Crippen LogP contribution in [-0.4, -0.2) is 4.98 Å². The maximum atomic E-state index is 4.39. The summed E-state index contributed by atoms with van der Waals surface area (Å²) in [6.07, 6.45) is 1.84. The molecule has 0 saturated heterocycles. The molecular weight excluding hydrogens is 258 g/mol. The summed E-state index contributed by atoms with van der Waals surface area (Å²) in [7, 11) is 0. The number of halogens is 1. The number of fused-ring (bicyclic) bond motifs is 3. The van der Waals surface area contributed by atoms with E-state index in [0.29, 0.717) is 0 Å². The summed E-state index contributed by atoms with van der Waals surface area (Å²) in [5, 5.41) is 2.53. The summed E-state index contributed by atoms with van der Waals surface area (Å²) in [4.78, 5) is 5.50. The molecule has 0 radical (unpaired) electrons. The fourth-order valence-corrected chi connectivity index (χ4v) is 2.94. The summed E-state index contributed by atoms with van der Waals surface area (Å²) >= 11 is 5.18. The van der Waals surface area contributed by atoms with E-state index in [1.54, 1.807) is 11.3 Å². The molecule has 1 nitrogen and oxygen atoms in total. The van der Waals surface area contributed by atoms with E-state index < -0.39 is 0 Å². The van der Waals surface area contributed by atoms with Gasteiger partial charge in [-0.2, -0.15) is 0 Å². The van der Waals surface area contributed by atoms with Crippen molar-refractivity contribution in [3.05, 3.63) is 41.0 Å². The van der Waals surface area contributed by atoms with Crippen molar-refractivity contribution in [3.63, 3.8) is 0 Å². The lowest BCUT2D eigenvalue weighted by Crippen LogP contribution is -1.71. The van der Waals surface area contributed by atoms with E-state index in [2.05, 4.69) is 51.2 Å². The monoisotopic (exact) mass is 263 g/mol. The zero-order valence-corrected chi connectivity index (χ0v) is 9.60. The van der Waals surface area contributed by atoms with Crippen molar-refractivity contribution in [2.24, 2.45) is 0 Å². The molecular formula is C11H6BrNS. The second-order valence-electron chi connectivity index (χ2n) is 3.10. The zero-order valence-electron chi connectivity index (χ0n) is 7.20. The van der Waals surface area contributed by atoms with E-state index in [4.69, 9.17) is 0 Å². The van der Waals surface area contributed by atoms with Gasteiger partial charge in [0.05, 0.1) is 0 Å². The number of benzene rings is 1. The van der Waals surface area contributed by atoms with Gasteiger partial charge in [-0.25, -0.2) is 4.98 Å². The van der Waals surface area contributed by atoms with Gasteiger partial charge in [-0.1, -0.05) is 18.2 Å². The van der Waals surface area contributed by atoms with Crippen LogP contribution >= 0.6 is 27.3 Å². The average molecular weight is 264 g/mol. The number of hydrogen-bond acceptors (Lipinski definition) is 2. The Morgan fingerprint density at radius 1 is 1.14 bits per heavy atom. The van der Waals surface area contributed by atoms with E-state index in [9.17, 15) is 0 Å². The smallest absolute Gasteiger partial charge is 0.124 e. The lowest BCUT2D eigenvalue weighted by Gasteiger charge is -1.91. The summed E-state index contributed by atoms with van der Waals surface area (Å²) < 4.78 is 2.33. The minimum Gasteiger partial charge on any atom is -0.244 e. The normalized spacial score (nSPS) is 11.2. The Labute approximate surface area is 93.5 Å². The third kappa shape index (κ3) is 1.16. The first-order chi connectivity index (χ1) is 6.84. The molecule has 3 rings (SSSR count). The molecule has 0 unspecified atom stereocenters. The van der Waals surface area contributed by atoms with Gasteiger partial charge in [-0.15, -0.1) is 11.3 Å². The molecule has 0 aliphatic rings. The van der Waals surface area contributed by atoms with Gasteiger partial charge in [-0.05, 0) is 28.1 Å². The number of aromatic nitrogens is 1. The Morgan fingerprint density at radius 3 is 2.93 bits per heavy atom. The van der Waals surface area contributed by atoms with Crippen molar-refractivity contribution in [3.8, 4) is 0 Å². The molecule has 14 heavy (non-hydrogen) atoms. The molecule has 0 bridgehead atoms. The molecule has 3 aromatic rings. The van der Waals surface area contributed by atoms with Gasteiger partial charge in [0.15, 0.2) is 0 Å². The molecule has 0 aliphatic heterocycles. The van der Waals surface area contributed by atoms with Gasteiger partial charge in [0.1, 0.15) is 4.83 Å². The molecule has 0 aliphatic carbocycles. The first-order valence-corrected chi connectivity index (χ1v) is 5.88. The van der Waals surface area contributed by atoms with Crippen molar-refractivity contribution in [2.45, 2.75) is 0 Å². The quantitative estimate of drug-likeness (QED) is 0.592. The van der Waals surface area contributed by atoms with E-state index in [0.717, 1.165) is 9.30 Å². The number of rotatable bonds is 0. The minimum atomic E-state index is 1.04. The van der Waals surface area contributed by atoms with Crippen LogP contribution in [0.3, 0.4) is 0 Å². The molecule has 0 saturated carbocycles. The molecule has 0 atom stereocenters. The lowest BCUT2D eigenvalue weighted by atomic mass is 10.2. The van der Waals surface area contributed by atoms with Crippen molar-refractivity contribution in [2.75, 3.05) is 0 Å². The molecule has 68 valence electrons. The standard InChI is InChI=1S/C11H6BrNS/c12-7-5-9-8-3-1-2-4-10(8)14-11(9)13-6-7/h1-6H. The Kier molecular flexibility index (Phi) is 1.82. The Balaban J connectivity index is 2.58. The van der Waals surface area contributed by atoms with E-state index >= 15 is 0 Å². The Morgan fingerprint density at radius 2 is 2.00 bits per heavy atom. The zero-order chi connectivity index (χ0) is 9.54. The first-order valence-electron chi connectivity index (χ1n) is 4.27. The van der Waals surface area contributed by atoms with Gasteiger partial charge in [0.25, 0.3) is 0 Å². The number of thiophene rings is 1. The highest BCUT2D eigenvalue weighted by Crippen LogP contribution is 2.33. The second kappa shape index (κ2) is 3.04. The predicted octanol–water partition coefficient (Wildman–Crippen LogP) is 4.21. The summed E-state index contributed by atoms with van der Waals surface area (Å²) in [5.41, 5.74) is 0. The largest absolute Gasteiger partial charge is 0.244 e. The summed E-state index contributed by atoms with van der Waals surface area (Å²) in [5.74, 6) is 0. The van der Waals surface area contributed by atoms with Crippen LogP contribution in [0.4, 0.5) is 0 Å². The number of hydrogen-bond donors (Lipinski definition) is 0. The summed E-state index contributed by atoms with van der Waals surface area (Å²) in [6, 6.07) is 10.5. The van der Waals surface area contributed by atoms with E-state index in [1.165, 1.54) is 15.5 Å². The van der Waals surface area contributed by atoms with Crippen molar-refractivity contribution in [1.29, 1.82) is 0 Å². The van der Waals surface area contributed by atoms with Crippen molar-refractivity contribution < 1.29 is 0 Å². The SMILES string of the molecule is Brc1cnc2sc3ccccc3c2c1. The van der Waals surface area contributed by atoms with Gasteiger partial charge >= 0.3 is 0 Å². The van der Waals surface area contributed by atoms with Crippen LogP contribution < -0.4 is 0 Å². The fourth-order valence-electron chi connectivity index (χ4n) is 1.58. The molecule has 0 spiro atoms. The maximum Gasteiger partial charge on any atom is 0.124 e. The van der Waals surface area contributed by atoms with E-state index in [-0.39, 0.29) is 0 Å². The van der Waals surface area contributed by atoms with Crippen molar-refractivity contribution >= 4 is 47.6 Å². The fraction of sp³-hybridized carbons (Fsp3) is 0. The third-order valence-corrected chi connectivity index (χ3v) is 3.73.